The molecule has 5 heteroatoms. The lowest BCUT2D eigenvalue weighted by Crippen LogP contribution is -2.50. The van der Waals surface area contributed by atoms with Gasteiger partial charge in [-0.1, -0.05) is 13.8 Å². The zero-order valence-electron chi connectivity index (χ0n) is 12.9. The maximum Gasteiger partial charge on any atom is 0.133 e. The minimum absolute atomic E-state index is 0.480. The number of nitrogens with one attached hydrogen (secondary N) is 1. The van der Waals surface area contributed by atoms with Gasteiger partial charge in [-0.3, -0.25) is 0 Å². The number of piperazine rings is 1. The molecule has 1 atom stereocenters. The molecule has 0 saturated carbocycles. The number of hydrogen-bond acceptors (Lipinski definition) is 4. The highest BCUT2D eigenvalue weighted by atomic mass is 79.9. The van der Waals surface area contributed by atoms with Gasteiger partial charge in [-0.25, -0.2) is 4.98 Å². The van der Waals surface area contributed by atoms with Gasteiger partial charge in [0.05, 0.1) is 0 Å². The highest BCUT2D eigenvalue weighted by Gasteiger charge is 2.23. The number of aromatic nitrogens is 1. The van der Waals surface area contributed by atoms with E-state index >= 15 is 0 Å². The lowest BCUT2D eigenvalue weighted by Gasteiger charge is -2.39. The second-order valence-corrected chi connectivity index (χ2v) is 6.86. The van der Waals surface area contributed by atoms with Crippen molar-refractivity contribution in [1.82, 2.24) is 15.2 Å². The summed E-state index contributed by atoms with van der Waals surface area (Å²) in [4.78, 5) is 9.48. The van der Waals surface area contributed by atoms with Crippen molar-refractivity contribution in [1.29, 1.82) is 0 Å². The Kier molecular flexibility index (Phi) is 5.41. The molecule has 20 heavy (non-hydrogen) atoms. The first kappa shape index (κ1) is 15.7. The summed E-state index contributed by atoms with van der Waals surface area (Å²) in [6.07, 6.45) is 1.90. The third kappa shape index (κ3) is 3.93. The quantitative estimate of drug-likeness (QED) is 0.912. The van der Waals surface area contributed by atoms with Crippen LogP contribution in [0.1, 0.15) is 26.3 Å². The summed E-state index contributed by atoms with van der Waals surface area (Å²) in [6, 6.07) is 3.23. The van der Waals surface area contributed by atoms with E-state index in [-0.39, 0.29) is 0 Å². The molecule has 1 N–H and O–H groups in total. The van der Waals surface area contributed by atoms with Gasteiger partial charge < -0.3 is 15.1 Å². The summed E-state index contributed by atoms with van der Waals surface area (Å²) in [5.74, 6) is 1.13. The largest absolute Gasteiger partial charge is 0.354 e. The van der Waals surface area contributed by atoms with E-state index in [1.54, 1.807) is 0 Å². The molecule has 2 heterocycles. The SMILES string of the molecule is CC(C)NCc1cc(Br)cnc1N1CCN(C)C(C)C1. The smallest absolute Gasteiger partial charge is 0.133 e. The Hall–Kier alpha value is -0.650. The molecule has 4 nitrogen and oxygen atoms in total. The highest BCUT2D eigenvalue weighted by molar-refractivity contribution is 9.10. The van der Waals surface area contributed by atoms with Crippen LogP contribution in [-0.4, -0.2) is 48.6 Å². The van der Waals surface area contributed by atoms with Crippen molar-refractivity contribution in [3.8, 4) is 0 Å². The summed E-state index contributed by atoms with van der Waals surface area (Å²) in [6.45, 7) is 10.7. The molecule has 0 aliphatic carbocycles. The van der Waals surface area contributed by atoms with Gasteiger partial charge in [-0.05, 0) is 36.0 Å². The second kappa shape index (κ2) is 6.87. The number of pyridine rings is 1. The summed E-state index contributed by atoms with van der Waals surface area (Å²) in [5, 5.41) is 3.49. The Balaban J connectivity index is 2.17. The predicted octanol–water partition coefficient (Wildman–Crippen LogP) is 2.48. The van der Waals surface area contributed by atoms with E-state index in [0.29, 0.717) is 12.1 Å². The standard InChI is InChI=1S/C15H25BrN4/c1-11(2)17-8-13-7-14(16)9-18-15(13)20-6-5-19(4)12(3)10-20/h7,9,11-12,17H,5-6,8,10H2,1-4H3. The number of halogens is 1. The molecular formula is C15H25BrN4. The Morgan fingerprint density at radius 1 is 1.45 bits per heavy atom. The van der Waals surface area contributed by atoms with Crippen molar-refractivity contribution in [2.45, 2.75) is 39.4 Å². The Bertz CT molecular complexity index is 449. The second-order valence-electron chi connectivity index (χ2n) is 5.95. The maximum atomic E-state index is 4.66. The van der Waals surface area contributed by atoms with E-state index < -0.39 is 0 Å². The molecule has 0 radical (unpaired) electrons. The van der Waals surface area contributed by atoms with E-state index in [2.05, 4.69) is 69.9 Å². The minimum Gasteiger partial charge on any atom is -0.354 e. The van der Waals surface area contributed by atoms with Crippen LogP contribution in [0.5, 0.6) is 0 Å². The monoisotopic (exact) mass is 340 g/mol. The van der Waals surface area contributed by atoms with Crippen molar-refractivity contribution in [3.05, 3.63) is 22.3 Å². The number of anilines is 1. The van der Waals surface area contributed by atoms with Crippen LogP contribution >= 0.6 is 15.9 Å². The number of nitrogens with zero attached hydrogens (tertiary/aromatic N) is 3. The van der Waals surface area contributed by atoms with Gasteiger partial charge in [-0.2, -0.15) is 0 Å². The number of rotatable bonds is 4. The summed E-state index contributed by atoms with van der Waals surface area (Å²) >= 11 is 3.53. The zero-order chi connectivity index (χ0) is 14.7. The van der Waals surface area contributed by atoms with Crippen LogP contribution in [-0.2, 0) is 6.54 Å². The van der Waals surface area contributed by atoms with E-state index in [1.807, 2.05) is 6.20 Å². The highest BCUT2D eigenvalue weighted by Crippen LogP contribution is 2.24. The number of hydrogen-bond donors (Lipinski definition) is 1. The first-order valence-electron chi connectivity index (χ1n) is 7.30. The third-order valence-corrected chi connectivity index (χ3v) is 4.30. The molecule has 1 aromatic rings. The van der Waals surface area contributed by atoms with Gasteiger partial charge in [0, 0.05) is 54.5 Å². The van der Waals surface area contributed by atoms with Crippen LogP contribution < -0.4 is 10.2 Å². The predicted molar refractivity (Wildman–Crippen MR) is 88.2 cm³/mol. The van der Waals surface area contributed by atoms with Gasteiger partial charge in [0.25, 0.3) is 0 Å². The molecular weight excluding hydrogens is 316 g/mol. The molecule has 1 unspecified atom stereocenters. The fourth-order valence-corrected chi connectivity index (χ4v) is 2.82. The molecule has 0 amide bonds. The Labute approximate surface area is 130 Å². The van der Waals surface area contributed by atoms with Crippen LogP contribution in [0.2, 0.25) is 0 Å². The van der Waals surface area contributed by atoms with E-state index in [1.165, 1.54) is 5.56 Å². The van der Waals surface area contributed by atoms with Crippen molar-refractivity contribution in [2.24, 2.45) is 0 Å². The van der Waals surface area contributed by atoms with Crippen molar-refractivity contribution in [3.63, 3.8) is 0 Å². The number of likely N-dealkylation sites (N-methyl/N-ethyl adjacent to an activating group) is 1. The van der Waals surface area contributed by atoms with E-state index in [9.17, 15) is 0 Å². The van der Waals surface area contributed by atoms with Crippen molar-refractivity contribution < 1.29 is 0 Å². The molecule has 0 bridgehead atoms. The lowest BCUT2D eigenvalue weighted by molar-refractivity contribution is 0.233. The van der Waals surface area contributed by atoms with Gasteiger partial charge >= 0.3 is 0 Å². The van der Waals surface area contributed by atoms with E-state index in [4.69, 9.17) is 0 Å². The lowest BCUT2D eigenvalue weighted by atomic mass is 10.1. The Morgan fingerprint density at radius 2 is 2.20 bits per heavy atom. The Morgan fingerprint density at radius 3 is 2.85 bits per heavy atom. The normalized spacial score (nSPS) is 20.7. The molecule has 112 valence electrons. The summed E-state index contributed by atoms with van der Waals surface area (Å²) < 4.78 is 1.05. The molecule has 1 aliphatic rings. The topological polar surface area (TPSA) is 31.4 Å². The zero-order valence-corrected chi connectivity index (χ0v) is 14.4. The van der Waals surface area contributed by atoms with Crippen LogP contribution in [0.15, 0.2) is 16.7 Å². The van der Waals surface area contributed by atoms with Gasteiger partial charge in [0.2, 0.25) is 0 Å². The van der Waals surface area contributed by atoms with Crippen LogP contribution in [0.4, 0.5) is 5.82 Å². The van der Waals surface area contributed by atoms with Gasteiger partial charge in [-0.15, -0.1) is 0 Å². The van der Waals surface area contributed by atoms with Gasteiger partial charge in [0.1, 0.15) is 5.82 Å². The van der Waals surface area contributed by atoms with Crippen molar-refractivity contribution in [2.75, 3.05) is 31.6 Å². The minimum atomic E-state index is 0.480. The third-order valence-electron chi connectivity index (χ3n) is 3.87. The fourth-order valence-electron chi connectivity index (χ4n) is 2.44. The molecule has 0 aromatic carbocycles. The fraction of sp³-hybridized carbons (Fsp3) is 0.667. The molecule has 1 fully saturated rings. The van der Waals surface area contributed by atoms with Crippen molar-refractivity contribution >= 4 is 21.7 Å². The molecule has 1 aromatic heterocycles. The average Bonchev–Trinajstić information content (AvgIpc) is 2.40. The van der Waals surface area contributed by atoms with Crippen LogP contribution in [0.3, 0.4) is 0 Å². The summed E-state index contributed by atoms with van der Waals surface area (Å²) in [7, 11) is 2.19. The first-order valence-corrected chi connectivity index (χ1v) is 8.09. The van der Waals surface area contributed by atoms with Crippen LogP contribution in [0, 0.1) is 0 Å². The maximum absolute atomic E-state index is 4.66. The molecule has 1 saturated heterocycles. The first-order chi connectivity index (χ1) is 9.47. The molecule has 2 rings (SSSR count). The van der Waals surface area contributed by atoms with Crippen LogP contribution in [0.25, 0.3) is 0 Å². The average molecular weight is 341 g/mol. The molecule has 0 spiro atoms. The molecule has 1 aliphatic heterocycles. The van der Waals surface area contributed by atoms with Gasteiger partial charge in [0.15, 0.2) is 0 Å². The summed E-state index contributed by atoms with van der Waals surface area (Å²) in [5.41, 5.74) is 1.27. The van der Waals surface area contributed by atoms with E-state index in [0.717, 1.165) is 36.5 Å².